The average molecular weight is 417 g/mol. The predicted octanol–water partition coefficient (Wildman–Crippen LogP) is 1.57. The number of hydrogen-bond acceptors (Lipinski definition) is 5. The number of amides is 2. The standard InChI is InChI=1S/C24H23N3O4/c28-21-14-16(18-13-17-3-1-2-4-20(17)25-15-18)5-6-19(21)22(29)26-9-11-27(12-10-26)23(30)24(31)7-8-24/h1-6,13-15,19,31H,7-12H2. The number of rotatable bonds is 3. The highest BCUT2D eigenvalue weighted by atomic mass is 16.3. The van der Waals surface area contributed by atoms with Crippen LogP contribution < -0.4 is 0 Å². The lowest BCUT2D eigenvalue weighted by molar-refractivity contribution is -0.148. The van der Waals surface area contributed by atoms with Gasteiger partial charge in [-0.3, -0.25) is 19.4 Å². The molecule has 7 nitrogen and oxygen atoms in total. The van der Waals surface area contributed by atoms with Crippen molar-refractivity contribution in [3.05, 3.63) is 60.3 Å². The van der Waals surface area contributed by atoms with Crippen molar-refractivity contribution in [3.8, 4) is 0 Å². The molecule has 0 bridgehead atoms. The number of hydrogen-bond donors (Lipinski definition) is 1. The molecule has 0 radical (unpaired) electrons. The number of piperazine rings is 1. The van der Waals surface area contributed by atoms with Gasteiger partial charge in [-0.2, -0.15) is 0 Å². The van der Waals surface area contributed by atoms with E-state index >= 15 is 0 Å². The van der Waals surface area contributed by atoms with E-state index in [9.17, 15) is 19.5 Å². The lowest BCUT2D eigenvalue weighted by Crippen LogP contribution is -2.54. The molecule has 1 aromatic heterocycles. The lowest BCUT2D eigenvalue weighted by atomic mass is 9.91. The van der Waals surface area contributed by atoms with Crippen molar-refractivity contribution in [3.63, 3.8) is 0 Å². The van der Waals surface area contributed by atoms with E-state index in [0.717, 1.165) is 22.0 Å². The quantitative estimate of drug-likeness (QED) is 0.766. The van der Waals surface area contributed by atoms with Crippen molar-refractivity contribution in [2.24, 2.45) is 5.92 Å². The van der Waals surface area contributed by atoms with Gasteiger partial charge in [-0.05, 0) is 36.6 Å². The number of nitrogens with zero attached hydrogens (tertiary/aromatic N) is 3. The van der Waals surface area contributed by atoms with Gasteiger partial charge >= 0.3 is 0 Å². The number of aliphatic hydroxyl groups is 1. The molecule has 1 saturated carbocycles. The van der Waals surface area contributed by atoms with E-state index in [1.807, 2.05) is 30.3 Å². The molecule has 1 saturated heterocycles. The smallest absolute Gasteiger partial charge is 0.254 e. The second-order valence-electron chi connectivity index (χ2n) is 8.40. The largest absolute Gasteiger partial charge is 0.380 e. The highest BCUT2D eigenvalue weighted by molar-refractivity contribution is 6.13. The van der Waals surface area contributed by atoms with Crippen molar-refractivity contribution in [1.82, 2.24) is 14.8 Å². The van der Waals surface area contributed by atoms with Crippen molar-refractivity contribution in [2.75, 3.05) is 26.2 Å². The summed E-state index contributed by atoms with van der Waals surface area (Å²) in [6.45, 7) is 1.48. The Hall–Kier alpha value is -3.32. The predicted molar refractivity (Wildman–Crippen MR) is 115 cm³/mol. The molecule has 0 spiro atoms. The van der Waals surface area contributed by atoms with E-state index in [1.54, 1.807) is 28.1 Å². The number of carbonyl (C=O) groups excluding carboxylic acids is 3. The van der Waals surface area contributed by atoms with Crippen LogP contribution in [0, 0.1) is 5.92 Å². The highest BCUT2D eigenvalue weighted by Gasteiger charge is 2.50. The number of allylic oxidation sites excluding steroid dienone is 3. The number of ketones is 1. The Morgan fingerprint density at radius 2 is 1.77 bits per heavy atom. The second kappa shape index (κ2) is 7.42. The molecule has 5 rings (SSSR count). The van der Waals surface area contributed by atoms with E-state index in [-0.39, 0.29) is 17.6 Å². The summed E-state index contributed by atoms with van der Waals surface area (Å²) in [4.78, 5) is 45.6. The zero-order chi connectivity index (χ0) is 21.6. The number of carbonyl (C=O) groups is 3. The number of fused-ring (bicyclic) bond motifs is 1. The molecule has 158 valence electrons. The van der Waals surface area contributed by atoms with Gasteiger partial charge in [0.05, 0.1) is 5.52 Å². The first-order valence-corrected chi connectivity index (χ1v) is 10.5. The van der Waals surface area contributed by atoms with Crippen LogP contribution in [0.2, 0.25) is 0 Å². The summed E-state index contributed by atoms with van der Waals surface area (Å²) < 4.78 is 0. The Labute approximate surface area is 179 Å². The van der Waals surface area contributed by atoms with Crippen molar-refractivity contribution in [2.45, 2.75) is 18.4 Å². The first-order valence-electron chi connectivity index (χ1n) is 10.5. The number of para-hydroxylation sites is 1. The Morgan fingerprint density at radius 3 is 2.48 bits per heavy atom. The fourth-order valence-electron chi connectivity index (χ4n) is 4.15. The molecule has 31 heavy (non-hydrogen) atoms. The highest BCUT2D eigenvalue weighted by Crippen LogP contribution is 2.37. The average Bonchev–Trinajstić information content (AvgIpc) is 3.56. The molecule has 2 aromatic rings. The van der Waals surface area contributed by atoms with Crippen LogP contribution in [0.3, 0.4) is 0 Å². The molecule has 2 amide bonds. The maximum Gasteiger partial charge on any atom is 0.254 e. The van der Waals surface area contributed by atoms with E-state index in [0.29, 0.717) is 39.0 Å². The fourth-order valence-corrected chi connectivity index (χ4v) is 4.15. The van der Waals surface area contributed by atoms with Crippen LogP contribution in [-0.4, -0.2) is 69.3 Å². The number of aromatic nitrogens is 1. The van der Waals surface area contributed by atoms with Gasteiger partial charge in [-0.25, -0.2) is 0 Å². The molecule has 1 N–H and O–H groups in total. The zero-order valence-electron chi connectivity index (χ0n) is 17.0. The van der Waals surface area contributed by atoms with Crippen LogP contribution in [0.15, 0.2) is 54.8 Å². The first-order chi connectivity index (χ1) is 14.9. The molecule has 2 aliphatic carbocycles. The zero-order valence-corrected chi connectivity index (χ0v) is 17.0. The normalized spacial score (nSPS) is 22.4. The van der Waals surface area contributed by atoms with Gasteiger partial charge < -0.3 is 14.9 Å². The maximum absolute atomic E-state index is 12.9. The fraction of sp³-hybridized carbons (Fsp3) is 0.333. The molecular formula is C24H23N3O4. The third-order valence-electron chi connectivity index (χ3n) is 6.26. The van der Waals surface area contributed by atoms with Crippen molar-refractivity contribution >= 4 is 34.1 Å². The molecule has 3 aliphatic rings. The van der Waals surface area contributed by atoms with Gasteiger partial charge in [-0.15, -0.1) is 0 Å². The van der Waals surface area contributed by atoms with Crippen LogP contribution in [0.4, 0.5) is 0 Å². The molecule has 2 heterocycles. The SMILES string of the molecule is O=C1C=C(c2cnc3ccccc3c2)C=CC1C(=O)N1CCN(C(=O)C2(O)CC2)CC1. The maximum atomic E-state index is 12.9. The molecule has 2 fully saturated rings. The number of pyridine rings is 1. The number of benzene rings is 1. The van der Waals surface area contributed by atoms with E-state index in [4.69, 9.17) is 0 Å². The lowest BCUT2D eigenvalue weighted by Gasteiger charge is -2.36. The summed E-state index contributed by atoms with van der Waals surface area (Å²) in [7, 11) is 0. The van der Waals surface area contributed by atoms with Gasteiger partial charge in [-0.1, -0.05) is 30.4 Å². The van der Waals surface area contributed by atoms with Crippen LogP contribution in [0.1, 0.15) is 18.4 Å². The monoisotopic (exact) mass is 417 g/mol. The Kier molecular flexibility index (Phi) is 4.70. The molecule has 7 heteroatoms. The summed E-state index contributed by atoms with van der Waals surface area (Å²) in [6.07, 6.45) is 7.72. The van der Waals surface area contributed by atoms with Crippen LogP contribution in [0.5, 0.6) is 0 Å². The van der Waals surface area contributed by atoms with Gasteiger partial charge in [0, 0.05) is 43.3 Å². The Bertz CT molecular complexity index is 1140. The second-order valence-corrected chi connectivity index (χ2v) is 8.40. The Balaban J connectivity index is 1.24. The van der Waals surface area contributed by atoms with Gasteiger partial charge in [0.1, 0.15) is 11.5 Å². The third kappa shape index (κ3) is 3.65. The van der Waals surface area contributed by atoms with Crippen molar-refractivity contribution in [1.29, 1.82) is 0 Å². The minimum absolute atomic E-state index is 0.245. The summed E-state index contributed by atoms with van der Waals surface area (Å²) in [5, 5.41) is 11.0. The summed E-state index contributed by atoms with van der Waals surface area (Å²) in [5.41, 5.74) is 1.27. The molecule has 1 aliphatic heterocycles. The van der Waals surface area contributed by atoms with Gasteiger partial charge in [0.15, 0.2) is 5.78 Å². The topological polar surface area (TPSA) is 90.8 Å². The Morgan fingerprint density at radius 1 is 1.06 bits per heavy atom. The summed E-state index contributed by atoms with van der Waals surface area (Å²) >= 11 is 0. The van der Waals surface area contributed by atoms with E-state index < -0.39 is 11.5 Å². The summed E-state index contributed by atoms with van der Waals surface area (Å²) in [5.74, 6) is -1.58. The van der Waals surface area contributed by atoms with Crippen molar-refractivity contribution < 1.29 is 19.5 Å². The van der Waals surface area contributed by atoms with Gasteiger partial charge in [0.2, 0.25) is 5.91 Å². The third-order valence-corrected chi connectivity index (χ3v) is 6.26. The first kappa shape index (κ1) is 19.6. The molecule has 1 atom stereocenters. The van der Waals surface area contributed by atoms with E-state index in [1.165, 1.54) is 6.08 Å². The molecule has 1 unspecified atom stereocenters. The summed E-state index contributed by atoms with van der Waals surface area (Å²) in [6, 6.07) is 9.76. The van der Waals surface area contributed by atoms with Crippen LogP contribution >= 0.6 is 0 Å². The van der Waals surface area contributed by atoms with Gasteiger partial charge in [0.25, 0.3) is 5.91 Å². The molecular weight excluding hydrogens is 394 g/mol. The minimum Gasteiger partial charge on any atom is -0.380 e. The van der Waals surface area contributed by atoms with E-state index in [2.05, 4.69) is 4.98 Å². The van der Waals surface area contributed by atoms with Crippen LogP contribution in [-0.2, 0) is 14.4 Å². The molecule has 1 aromatic carbocycles. The van der Waals surface area contributed by atoms with Crippen LogP contribution in [0.25, 0.3) is 16.5 Å². The minimum atomic E-state index is -1.19.